The Hall–Kier alpha value is -2.29. The molecule has 0 radical (unpaired) electrons. The van der Waals surface area contributed by atoms with E-state index in [0.29, 0.717) is 13.2 Å². The van der Waals surface area contributed by atoms with E-state index < -0.39 is 30.8 Å². The van der Waals surface area contributed by atoms with E-state index in [1.807, 2.05) is 60.7 Å². The van der Waals surface area contributed by atoms with Gasteiger partial charge in [0.15, 0.2) is 12.6 Å². The monoisotopic (exact) mass is 413 g/mol. The molecule has 0 aromatic heterocycles. The van der Waals surface area contributed by atoms with E-state index in [4.69, 9.17) is 23.7 Å². The lowest BCUT2D eigenvalue weighted by molar-refractivity contribution is -0.346. The Morgan fingerprint density at radius 2 is 1.77 bits per heavy atom. The van der Waals surface area contributed by atoms with Crippen molar-refractivity contribution in [3.05, 3.63) is 71.8 Å². The molecule has 160 valence electrons. The highest BCUT2D eigenvalue weighted by atomic mass is 16.7. The van der Waals surface area contributed by atoms with Gasteiger partial charge in [0.25, 0.3) is 0 Å². The summed E-state index contributed by atoms with van der Waals surface area (Å²) in [4.78, 5) is 11.9. The molecule has 2 saturated heterocycles. The predicted molar refractivity (Wildman–Crippen MR) is 108 cm³/mol. The number of hydrogen-bond acceptors (Lipinski definition) is 6. The van der Waals surface area contributed by atoms with Gasteiger partial charge < -0.3 is 29.0 Å². The van der Waals surface area contributed by atoms with Gasteiger partial charge in [0, 0.05) is 19.6 Å². The smallest absolute Gasteiger partial charge is 0.217 e. The SMILES string of the molecule is CO[C@@H]1O[C@@H]2COC(c3ccccc3)O[C@H]2[C@@H](OCc2ccccc2)[C@H]1NC(C)=O. The second kappa shape index (κ2) is 9.68. The summed E-state index contributed by atoms with van der Waals surface area (Å²) in [6, 6.07) is 19.1. The number of methoxy groups -OCH3 is 1. The van der Waals surface area contributed by atoms with Gasteiger partial charge in [0.05, 0.1) is 13.2 Å². The van der Waals surface area contributed by atoms with Crippen molar-refractivity contribution < 1.29 is 28.5 Å². The summed E-state index contributed by atoms with van der Waals surface area (Å²) in [6.07, 6.45) is -2.49. The van der Waals surface area contributed by atoms with E-state index in [1.165, 1.54) is 6.92 Å². The highest BCUT2D eigenvalue weighted by molar-refractivity contribution is 5.73. The van der Waals surface area contributed by atoms with Gasteiger partial charge in [-0.05, 0) is 5.56 Å². The average Bonchev–Trinajstić information content (AvgIpc) is 2.78. The van der Waals surface area contributed by atoms with E-state index in [0.717, 1.165) is 11.1 Å². The van der Waals surface area contributed by atoms with E-state index in [1.54, 1.807) is 7.11 Å². The summed E-state index contributed by atoms with van der Waals surface area (Å²) in [7, 11) is 1.55. The molecule has 7 nitrogen and oxygen atoms in total. The van der Waals surface area contributed by atoms with Crippen molar-refractivity contribution >= 4 is 5.91 Å². The van der Waals surface area contributed by atoms with Crippen LogP contribution in [0, 0.1) is 0 Å². The third-order valence-electron chi connectivity index (χ3n) is 5.30. The van der Waals surface area contributed by atoms with Gasteiger partial charge in [0.1, 0.15) is 24.4 Å². The Kier molecular flexibility index (Phi) is 6.76. The first-order valence-electron chi connectivity index (χ1n) is 10.1. The first-order valence-corrected chi connectivity index (χ1v) is 10.1. The van der Waals surface area contributed by atoms with Crippen LogP contribution in [0.4, 0.5) is 0 Å². The summed E-state index contributed by atoms with van der Waals surface area (Å²) >= 11 is 0. The number of benzene rings is 2. The van der Waals surface area contributed by atoms with Gasteiger partial charge in [-0.25, -0.2) is 0 Å². The second-order valence-corrected chi connectivity index (χ2v) is 7.44. The van der Waals surface area contributed by atoms with Crippen molar-refractivity contribution in [1.82, 2.24) is 5.32 Å². The molecule has 0 aliphatic carbocycles. The van der Waals surface area contributed by atoms with Crippen LogP contribution in [0.1, 0.15) is 24.3 Å². The van der Waals surface area contributed by atoms with E-state index >= 15 is 0 Å². The summed E-state index contributed by atoms with van der Waals surface area (Å²) in [6.45, 7) is 2.17. The van der Waals surface area contributed by atoms with Crippen LogP contribution < -0.4 is 5.32 Å². The van der Waals surface area contributed by atoms with Crippen LogP contribution in [0.25, 0.3) is 0 Å². The number of ether oxygens (including phenoxy) is 5. The summed E-state index contributed by atoms with van der Waals surface area (Å²) in [5.41, 5.74) is 1.95. The highest BCUT2D eigenvalue weighted by Crippen LogP contribution is 2.35. The Morgan fingerprint density at radius 3 is 2.43 bits per heavy atom. The van der Waals surface area contributed by atoms with Crippen LogP contribution in [-0.4, -0.2) is 50.3 Å². The zero-order valence-corrected chi connectivity index (χ0v) is 17.1. The number of amides is 1. The summed E-state index contributed by atoms with van der Waals surface area (Å²) in [5, 5.41) is 2.92. The fourth-order valence-corrected chi connectivity index (χ4v) is 3.91. The molecule has 30 heavy (non-hydrogen) atoms. The Balaban J connectivity index is 1.58. The Bertz CT molecular complexity index is 817. The lowest BCUT2D eigenvalue weighted by atomic mass is 9.95. The zero-order chi connectivity index (χ0) is 20.9. The minimum Gasteiger partial charge on any atom is -0.368 e. The van der Waals surface area contributed by atoms with E-state index in [9.17, 15) is 4.79 Å². The zero-order valence-electron chi connectivity index (χ0n) is 17.1. The van der Waals surface area contributed by atoms with Crippen molar-refractivity contribution in [2.45, 2.75) is 50.5 Å². The summed E-state index contributed by atoms with van der Waals surface area (Å²) in [5.74, 6) is -0.191. The average molecular weight is 413 g/mol. The second-order valence-electron chi connectivity index (χ2n) is 7.44. The van der Waals surface area contributed by atoms with Crippen molar-refractivity contribution in [2.75, 3.05) is 13.7 Å². The lowest BCUT2D eigenvalue weighted by Crippen LogP contribution is -2.67. The molecule has 2 fully saturated rings. The van der Waals surface area contributed by atoms with Gasteiger partial charge >= 0.3 is 0 Å². The molecule has 1 amide bonds. The van der Waals surface area contributed by atoms with Crippen LogP contribution >= 0.6 is 0 Å². The molecule has 2 aliphatic rings. The molecule has 2 aromatic carbocycles. The van der Waals surface area contributed by atoms with Crippen molar-refractivity contribution in [3.63, 3.8) is 0 Å². The minimum atomic E-state index is -0.670. The van der Waals surface area contributed by atoms with Crippen LogP contribution in [0.15, 0.2) is 60.7 Å². The van der Waals surface area contributed by atoms with Gasteiger partial charge in [-0.1, -0.05) is 60.7 Å². The maximum Gasteiger partial charge on any atom is 0.217 e. The third kappa shape index (κ3) is 4.71. The van der Waals surface area contributed by atoms with Gasteiger partial charge in [0.2, 0.25) is 5.91 Å². The molecule has 0 spiro atoms. The topological polar surface area (TPSA) is 75.2 Å². The molecule has 1 unspecified atom stereocenters. The largest absolute Gasteiger partial charge is 0.368 e. The molecular weight excluding hydrogens is 386 g/mol. The van der Waals surface area contributed by atoms with Gasteiger partial charge in [-0.15, -0.1) is 0 Å². The van der Waals surface area contributed by atoms with Crippen molar-refractivity contribution in [3.8, 4) is 0 Å². The van der Waals surface area contributed by atoms with Gasteiger partial charge in [-0.2, -0.15) is 0 Å². The van der Waals surface area contributed by atoms with Crippen molar-refractivity contribution in [1.29, 1.82) is 0 Å². The number of fused-ring (bicyclic) bond motifs is 1. The molecular formula is C23H27NO6. The minimum absolute atomic E-state index is 0.191. The number of hydrogen-bond donors (Lipinski definition) is 1. The molecule has 2 aliphatic heterocycles. The van der Waals surface area contributed by atoms with Crippen LogP contribution in [0.3, 0.4) is 0 Å². The third-order valence-corrected chi connectivity index (χ3v) is 5.30. The number of carbonyl (C=O) groups excluding carboxylic acids is 1. The standard InChI is InChI=1S/C23H27NO6/c1-15(25)24-19-21(27-13-16-9-5-3-6-10-16)20-18(29-23(19)26-2)14-28-22(30-20)17-11-7-4-8-12-17/h3-12,18-23H,13-14H2,1-2H3,(H,24,25)/t18-,19-,20-,21+,22?,23-/m1/s1. The first kappa shape index (κ1) is 21.0. The molecule has 2 aromatic rings. The number of nitrogens with one attached hydrogen (secondary N) is 1. The quantitative estimate of drug-likeness (QED) is 0.785. The normalized spacial score (nSPS) is 31.0. The molecule has 7 heteroatoms. The molecule has 6 atom stereocenters. The molecule has 1 N–H and O–H groups in total. The van der Waals surface area contributed by atoms with Crippen molar-refractivity contribution in [2.24, 2.45) is 0 Å². The van der Waals surface area contributed by atoms with Crippen LogP contribution in [0.2, 0.25) is 0 Å². The molecule has 2 heterocycles. The van der Waals surface area contributed by atoms with Crippen LogP contribution in [-0.2, 0) is 35.1 Å². The predicted octanol–water partition coefficient (Wildman–Crippen LogP) is 2.56. The first-order chi connectivity index (χ1) is 14.7. The summed E-state index contributed by atoms with van der Waals surface area (Å²) < 4.78 is 30.1. The maximum atomic E-state index is 11.9. The molecule has 0 bridgehead atoms. The lowest BCUT2D eigenvalue weighted by Gasteiger charge is -2.49. The van der Waals surface area contributed by atoms with E-state index in [2.05, 4.69) is 5.32 Å². The number of rotatable bonds is 6. The highest BCUT2D eigenvalue weighted by Gasteiger charge is 2.51. The van der Waals surface area contributed by atoms with Crippen LogP contribution in [0.5, 0.6) is 0 Å². The Morgan fingerprint density at radius 1 is 1.07 bits per heavy atom. The number of carbonyl (C=O) groups is 1. The van der Waals surface area contributed by atoms with Gasteiger partial charge in [-0.3, -0.25) is 4.79 Å². The maximum absolute atomic E-state index is 11.9. The molecule has 0 saturated carbocycles. The fraction of sp³-hybridized carbons (Fsp3) is 0.435. The molecule has 4 rings (SSSR count). The van der Waals surface area contributed by atoms with E-state index in [-0.39, 0.29) is 12.0 Å². The fourth-order valence-electron chi connectivity index (χ4n) is 3.91. The Labute approximate surface area is 176 Å².